The molecule has 0 unspecified atom stereocenters. The molecule has 0 amide bonds. The second kappa shape index (κ2) is 4.41. The molecule has 0 aliphatic heterocycles. The molecule has 4 nitrogen and oxygen atoms in total. The molecule has 0 aliphatic carbocycles. The van der Waals surface area contributed by atoms with Crippen molar-refractivity contribution < 1.29 is 4.74 Å². The number of rotatable bonds is 3. The summed E-state index contributed by atoms with van der Waals surface area (Å²) in [4.78, 5) is 7.97. The molecular formula is C9H11N3O. The van der Waals surface area contributed by atoms with E-state index in [0.29, 0.717) is 18.9 Å². The Morgan fingerprint density at radius 3 is 2.92 bits per heavy atom. The van der Waals surface area contributed by atoms with Gasteiger partial charge in [-0.3, -0.25) is 0 Å². The second-order valence-electron chi connectivity index (χ2n) is 2.52. The molecule has 0 atom stereocenters. The number of hydrogen-bond donors (Lipinski definition) is 0. The fourth-order valence-electron chi connectivity index (χ4n) is 1.00. The molecule has 0 radical (unpaired) electrons. The average molecular weight is 177 g/mol. The zero-order chi connectivity index (χ0) is 9.68. The maximum Gasteiger partial charge on any atom is 0.219 e. The van der Waals surface area contributed by atoms with E-state index in [2.05, 4.69) is 9.97 Å². The van der Waals surface area contributed by atoms with Gasteiger partial charge >= 0.3 is 0 Å². The Kier molecular flexibility index (Phi) is 3.21. The minimum atomic E-state index is 0.300. The molecule has 1 aromatic rings. The van der Waals surface area contributed by atoms with Crippen molar-refractivity contribution in [2.45, 2.75) is 20.3 Å². The number of ether oxygens (including phenoxy) is 1. The van der Waals surface area contributed by atoms with Gasteiger partial charge in [-0.25, -0.2) is 9.97 Å². The van der Waals surface area contributed by atoms with Gasteiger partial charge in [0.15, 0.2) is 0 Å². The van der Waals surface area contributed by atoms with E-state index in [0.717, 1.165) is 11.3 Å². The summed E-state index contributed by atoms with van der Waals surface area (Å²) >= 11 is 0. The molecule has 0 spiro atoms. The van der Waals surface area contributed by atoms with Gasteiger partial charge in [0.1, 0.15) is 6.33 Å². The van der Waals surface area contributed by atoms with Gasteiger partial charge in [0.2, 0.25) is 5.88 Å². The highest BCUT2D eigenvalue weighted by Gasteiger charge is 2.06. The first kappa shape index (κ1) is 9.46. The zero-order valence-electron chi connectivity index (χ0n) is 7.74. The molecule has 0 aromatic carbocycles. The van der Waals surface area contributed by atoms with Crippen LogP contribution in [0.1, 0.15) is 18.2 Å². The monoisotopic (exact) mass is 177 g/mol. The molecule has 0 aliphatic rings. The SMILES string of the molecule is CCOc1ncnc(CC#N)c1C. The van der Waals surface area contributed by atoms with Crippen LogP contribution in [0.25, 0.3) is 0 Å². The molecule has 1 heterocycles. The van der Waals surface area contributed by atoms with Gasteiger partial charge in [-0.15, -0.1) is 0 Å². The van der Waals surface area contributed by atoms with Crippen molar-refractivity contribution in [2.24, 2.45) is 0 Å². The van der Waals surface area contributed by atoms with E-state index in [1.54, 1.807) is 0 Å². The Labute approximate surface area is 77.2 Å². The molecule has 0 saturated heterocycles. The standard InChI is InChI=1S/C9H11N3O/c1-3-13-9-7(2)8(4-5-10)11-6-12-9/h6H,3-4H2,1-2H3. The molecule has 1 rings (SSSR count). The summed E-state index contributed by atoms with van der Waals surface area (Å²) in [5.74, 6) is 0.572. The third kappa shape index (κ3) is 2.15. The third-order valence-electron chi connectivity index (χ3n) is 1.67. The van der Waals surface area contributed by atoms with Gasteiger partial charge in [0.25, 0.3) is 0 Å². The Hall–Kier alpha value is -1.63. The first-order valence-corrected chi connectivity index (χ1v) is 4.09. The second-order valence-corrected chi connectivity index (χ2v) is 2.52. The van der Waals surface area contributed by atoms with E-state index in [1.807, 2.05) is 19.9 Å². The molecule has 13 heavy (non-hydrogen) atoms. The fraction of sp³-hybridized carbons (Fsp3) is 0.444. The number of aromatic nitrogens is 2. The van der Waals surface area contributed by atoms with E-state index in [9.17, 15) is 0 Å². The van der Waals surface area contributed by atoms with Gasteiger partial charge in [0, 0.05) is 5.56 Å². The average Bonchev–Trinajstić information content (AvgIpc) is 2.13. The molecule has 1 aromatic heterocycles. The highest BCUT2D eigenvalue weighted by Crippen LogP contribution is 2.15. The lowest BCUT2D eigenvalue weighted by atomic mass is 10.2. The van der Waals surface area contributed by atoms with Crippen LogP contribution in [-0.2, 0) is 6.42 Å². The molecular weight excluding hydrogens is 166 g/mol. The Bertz CT molecular complexity index is 330. The number of nitrogens with zero attached hydrogens (tertiary/aromatic N) is 3. The summed E-state index contributed by atoms with van der Waals surface area (Å²) in [5.41, 5.74) is 1.59. The van der Waals surface area contributed by atoms with Gasteiger partial charge < -0.3 is 4.74 Å². The maximum absolute atomic E-state index is 8.51. The van der Waals surface area contributed by atoms with Crippen LogP contribution in [0.3, 0.4) is 0 Å². The molecule has 0 fully saturated rings. The van der Waals surface area contributed by atoms with Crippen LogP contribution >= 0.6 is 0 Å². The van der Waals surface area contributed by atoms with Crippen LogP contribution in [0.4, 0.5) is 0 Å². The van der Waals surface area contributed by atoms with Crippen LogP contribution in [0.5, 0.6) is 5.88 Å². The van der Waals surface area contributed by atoms with Crippen LogP contribution < -0.4 is 4.74 Å². The predicted molar refractivity (Wildman–Crippen MR) is 47.3 cm³/mol. The molecule has 4 heteroatoms. The quantitative estimate of drug-likeness (QED) is 0.697. The molecule has 0 N–H and O–H groups in total. The van der Waals surface area contributed by atoms with E-state index < -0.39 is 0 Å². The fourth-order valence-corrected chi connectivity index (χ4v) is 1.00. The van der Waals surface area contributed by atoms with Crippen molar-refractivity contribution in [3.63, 3.8) is 0 Å². The Balaban J connectivity index is 2.97. The summed E-state index contributed by atoms with van der Waals surface area (Å²) in [6, 6.07) is 2.05. The third-order valence-corrected chi connectivity index (χ3v) is 1.67. The normalized spacial score (nSPS) is 9.31. The largest absolute Gasteiger partial charge is 0.478 e. The van der Waals surface area contributed by atoms with Crippen LogP contribution in [0.2, 0.25) is 0 Å². The lowest BCUT2D eigenvalue weighted by Crippen LogP contribution is -2.01. The van der Waals surface area contributed by atoms with Crippen molar-refractivity contribution in [3.05, 3.63) is 17.6 Å². The summed E-state index contributed by atoms with van der Waals surface area (Å²) in [6.07, 6.45) is 1.72. The van der Waals surface area contributed by atoms with Gasteiger partial charge in [-0.1, -0.05) is 0 Å². The maximum atomic E-state index is 8.51. The smallest absolute Gasteiger partial charge is 0.219 e. The van der Waals surface area contributed by atoms with E-state index in [1.165, 1.54) is 6.33 Å². The highest BCUT2D eigenvalue weighted by atomic mass is 16.5. The zero-order valence-corrected chi connectivity index (χ0v) is 7.74. The summed E-state index contributed by atoms with van der Waals surface area (Å²) < 4.78 is 5.26. The lowest BCUT2D eigenvalue weighted by molar-refractivity contribution is 0.323. The van der Waals surface area contributed by atoms with Gasteiger partial charge in [-0.2, -0.15) is 5.26 Å². The van der Waals surface area contributed by atoms with Gasteiger partial charge in [-0.05, 0) is 13.8 Å². The highest BCUT2D eigenvalue weighted by molar-refractivity contribution is 5.29. The predicted octanol–water partition coefficient (Wildman–Crippen LogP) is 1.25. The van der Waals surface area contributed by atoms with Crippen LogP contribution in [-0.4, -0.2) is 16.6 Å². The topological polar surface area (TPSA) is 58.8 Å². The summed E-state index contributed by atoms with van der Waals surface area (Å²) in [5, 5.41) is 8.51. The molecule has 68 valence electrons. The minimum absolute atomic E-state index is 0.300. The number of nitriles is 1. The minimum Gasteiger partial charge on any atom is -0.478 e. The first-order chi connectivity index (χ1) is 6.29. The van der Waals surface area contributed by atoms with Crippen molar-refractivity contribution >= 4 is 0 Å². The van der Waals surface area contributed by atoms with Crippen molar-refractivity contribution in [1.29, 1.82) is 5.26 Å². The van der Waals surface area contributed by atoms with Crippen LogP contribution in [0, 0.1) is 18.3 Å². The Morgan fingerprint density at radius 2 is 2.31 bits per heavy atom. The Morgan fingerprint density at radius 1 is 1.54 bits per heavy atom. The van der Waals surface area contributed by atoms with Gasteiger partial charge in [0.05, 0.1) is 24.8 Å². The van der Waals surface area contributed by atoms with E-state index >= 15 is 0 Å². The van der Waals surface area contributed by atoms with E-state index in [-0.39, 0.29) is 0 Å². The number of hydrogen-bond acceptors (Lipinski definition) is 4. The summed E-state index contributed by atoms with van der Waals surface area (Å²) in [7, 11) is 0. The summed E-state index contributed by atoms with van der Waals surface area (Å²) in [6.45, 7) is 4.33. The lowest BCUT2D eigenvalue weighted by Gasteiger charge is -2.06. The van der Waals surface area contributed by atoms with Crippen molar-refractivity contribution in [1.82, 2.24) is 9.97 Å². The van der Waals surface area contributed by atoms with Crippen LogP contribution in [0.15, 0.2) is 6.33 Å². The first-order valence-electron chi connectivity index (χ1n) is 4.09. The van der Waals surface area contributed by atoms with E-state index in [4.69, 9.17) is 10.00 Å². The van der Waals surface area contributed by atoms with Crippen molar-refractivity contribution in [3.8, 4) is 11.9 Å². The van der Waals surface area contributed by atoms with Crippen molar-refractivity contribution in [2.75, 3.05) is 6.61 Å². The molecule has 0 saturated carbocycles. The molecule has 0 bridgehead atoms.